The third-order valence-corrected chi connectivity index (χ3v) is 4.34. The first kappa shape index (κ1) is 18.4. The van der Waals surface area contributed by atoms with E-state index in [4.69, 9.17) is 4.42 Å². The molecule has 29 heavy (non-hydrogen) atoms. The van der Waals surface area contributed by atoms with Gasteiger partial charge in [0.15, 0.2) is 0 Å². The molecule has 2 aromatic heterocycles. The molecule has 0 saturated carbocycles. The fraction of sp³-hybridized carbons (Fsp3) is 0.0909. The fourth-order valence-corrected chi connectivity index (χ4v) is 2.89. The molecule has 0 unspecified atom stereocenters. The molecular weight excluding hydrogens is 366 g/mol. The van der Waals surface area contributed by atoms with Crippen molar-refractivity contribution in [1.82, 2.24) is 21.2 Å². The highest BCUT2D eigenvalue weighted by Gasteiger charge is 2.10. The maximum atomic E-state index is 12.4. The molecule has 0 bridgehead atoms. The van der Waals surface area contributed by atoms with Gasteiger partial charge in [-0.25, -0.2) is 0 Å². The average molecular weight is 391 g/mol. The Labute approximate surface area is 171 Å². The van der Waals surface area contributed by atoms with Crippen LogP contribution < -0.4 is 21.5 Å². The number of nitrogens with one attached hydrogen (secondary N) is 4. The summed E-state index contributed by atoms with van der Waals surface area (Å²) in [5.74, 6) is 2.15. The third-order valence-electron chi connectivity index (χ3n) is 4.34. The van der Waals surface area contributed by atoms with Gasteiger partial charge < -0.3 is 15.1 Å². The van der Waals surface area contributed by atoms with Crippen LogP contribution in [-0.4, -0.2) is 10.9 Å². The maximum Gasteiger partial charge on any atom is 0.251 e. The first-order chi connectivity index (χ1) is 14.2. The topological polar surface area (TPSA) is 91.2 Å². The molecule has 1 aliphatic heterocycles. The quantitative estimate of drug-likeness (QED) is 0.511. The van der Waals surface area contributed by atoms with Crippen molar-refractivity contribution in [2.75, 3.05) is 5.32 Å². The van der Waals surface area contributed by atoms with E-state index < -0.39 is 0 Å². The fourth-order valence-electron chi connectivity index (χ4n) is 2.89. The number of furan rings is 1. The van der Waals surface area contributed by atoms with E-state index in [0.717, 1.165) is 34.3 Å². The molecule has 0 atom stereocenters. The zero-order chi connectivity index (χ0) is 20.1. The number of allylic oxidation sites excluding steroid dienone is 2. The Morgan fingerprint density at radius 2 is 2.07 bits per heavy atom. The molecular formula is C22H25N5O2. The van der Waals surface area contributed by atoms with Crippen LogP contribution in [0.15, 0.2) is 83.3 Å². The average Bonchev–Trinajstić information content (AvgIpc) is 3.18. The summed E-state index contributed by atoms with van der Waals surface area (Å²) in [4.78, 5) is 16.6. The SMILES string of the molecule is Cc1ccc(CNC(=O)c2cccc(NC3=CC=C(c4cccnc4)NN3)c2)o1.[HH].[HH]. The van der Waals surface area contributed by atoms with Gasteiger partial charge >= 0.3 is 0 Å². The number of pyridine rings is 1. The molecule has 0 aliphatic carbocycles. The molecule has 0 radical (unpaired) electrons. The molecule has 0 spiro atoms. The number of aryl methyl sites for hydroxylation is 1. The highest BCUT2D eigenvalue weighted by molar-refractivity contribution is 5.95. The minimum Gasteiger partial charge on any atom is -0.465 e. The van der Waals surface area contributed by atoms with Crippen LogP contribution in [0.4, 0.5) is 5.69 Å². The number of hydrogen-bond donors (Lipinski definition) is 4. The third kappa shape index (κ3) is 4.65. The summed E-state index contributed by atoms with van der Waals surface area (Å²) in [5.41, 5.74) is 9.51. The van der Waals surface area contributed by atoms with Gasteiger partial charge in [0.25, 0.3) is 5.91 Å². The Hall–Kier alpha value is -4.00. The van der Waals surface area contributed by atoms with E-state index in [9.17, 15) is 4.79 Å². The summed E-state index contributed by atoms with van der Waals surface area (Å²) in [7, 11) is 0. The molecule has 3 heterocycles. The first-order valence-corrected chi connectivity index (χ1v) is 9.22. The van der Waals surface area contributed by atoms with Gasteiger partial charge in [0, 0.05) is 32.1 Å². The highest BCUT2D eigenvalue weighted by Crippen LogP contribution is 2.16. The lowest BCUT2D eigenvalue weighted by Gasteiger charge is -2.20. The number of nitrogens with zero attached hydrogens (tertiary/aromatic N) is 1. The molecule has 1 amide bonds. The van der Waals surface area contributed by atoms with Crippen molar-refractivity contribution >= 4 is 17.3 Å². The van der Waals surface area contributed by atoms with Crippen molar-refractivity contribution in [2.45, 2.75) is 13.5 Å². The largest absolute Gasteiger partial charge is 0.465 e. The monoisotopic (exact) mass is 391 g/mol. The van der Waals surface area contributed by atoms with Crippen LogP contribution in [0, 0.1) is 6.92 Å². The van der Waals surface area contributed by atoms with E-state index in [-0.39, 0.29) is 8.76 Å². The van der Waals surface area contributed by atoms with E-state index in [1.54, 1.807) is 24.5 Å². The standard InChI is InChI=1S/C22H21N5O2.2H2/c1-15-7-8-19(29-15)14-24-22(28)16-4-2-6-18(12-16)25-21-10-9-20(26-27-21)17-5-3-11-23-13-17;;/h2-13,25-27H,14H2,1H3,(H,24,28);2*1H. The lowest BCUT2D eigenvalue weighted by Crippen LogP contribution is -2.35. The first-order valence-electron chi connectivity index (χ1n) is 9.22. The number of carbonyl (C=O) groups excluding carboxylic acids is 1. The second-order valence-electron chi connectivity index (χ2n) is 6.55. The Morgan fingerprint density at radius 1 is 1.14 bits per heavy atom. The highest BCUT2D eigenvalue weighted by atomic mass is 16.3. The van der Waals surface area contributed by atoms with E-state index in [2.05, 4.69) is 26.5 Å². The number of rotatable bonds is 6. The summed E-state index contributed by atoms with van der Waals surface area (Å²) in [6.07, 6.45) is 7.41. The van der Waals surface area contributed by atoms with Crippen molar-refractivity contribution < 1.29 is 12.1 Å². The molecule has 0 saturated heterocycles. The predicted octanol–water partition coefficient (Wildman–Crippen LogP) is 3.81. The Morgan fingerprint density at radius 3 is 2.79 bits per heavy atom. The second kappa shape index (κ2) is 8.35. The van der Waals surface area contributed by atoms with Crippen molar-refractivity contribution in [3.05, 3.63) is 102 Å². The summed E-state index contributed by atoms with van der Waals surface area (Å²) in [6.45, 7) is 2.22. The molecule has 7 heteroatoms. The molecule has 4 N–H and O–H groups in total. The van der Waals surface area contributed by atoms with E-state index in [1.807, 2.05) is 55.5 Å². The maximum absolute atomic E-state index is 12.4. The van der Waals surface area contributed by atoms with Crippen molar-refractivity contribution in [3.63, 3.8) is 0 Å². The van der Waals surface area contributed by atoms with E-state index in [1.165, 1.54) is 0 Å². The Balaban J connectivity index is 0.00000171. The molecule has 150 valence electrons. The lowest BCUT2D eigenvalue weighted by molar-refractivity contribution is 0.0948. The van der Waals surface area contributed by atoms with Crippen LogP contribution in [-0.2, 0) is 6.54 Å². The van der Waals surface area contributed by atoms with Gasteiger partial charge in [-0.05, 0) is 61.5 Å². The number of aromatic nitrogens is 1. The van der Waals surface area contributed by atoms with Gasteiger partial charge in [-0.2, -0.15) is 0 Å². The number of benzene rings is 1. The van der Waals surface area contributed by atoms with Crippen LogP contribution in [0.2, 0.25) is 0 Å². The minimum atomic E-state index is -0.162. The number of hydrogen-bond acceptors (Lipinski definition) is 6. The summed E-state index contributed by atoms with van der Waals surface area (Å²) in [6, 6.07) is 14.9. The molecule has 7 nitrogen and oxygen atoms in total. The molecule has 0 fully saturated rings. The van der Waals surface area contributed by atoms with Crippen LogP contribution in [0.3, 0.4) is 0 Å². The van der Waals surface area contributed by atoms with Crippen LogP contribution in [0.25, 0.3) is 5.70 Å². The summed E-state index contributed by atoms with van der Waals surface area (Å²) in [5, 5.41) is 6.12. The van der Waals surface area contributed by atoms with Gasteiger partial charge in [0.1, 0.15) is 17.3 Å². The Kier molecular flexibility index (Phi) is 5.29. The van der Waals surface area contributed by atoms with Crippen molar-refractivity contribution in [2.24, 2.45) is 0 Å². The number of amides is 1. The van der Waals surface area contributed by atoms with Crippen molar-refractivity contribution in [3.8, 4) is 0 Å². The zero-order valence-corrected chi connectivity index (χ0v) is 15.9. The Bertz CT molecular complexity index is 1080. The van der Waals surface area contributed by atoms with Crippen LogP contribution in [0.5, 0.6) is 0 Å². The predicted molar refractivity (Wildman–Crippen MR) is 115 cm³/mol. The second-order valence-corrected chi connectivity index (χ2v) is 6.55. The van der Waals surface area contributed by atoms with Crippen LogP contribution >= 0.6 is 0 Å². The zero-order valence-electron chi connectivity index (χ0n) is 15.9. The number of anilines is 1. The summed E-state index contributed by atoms with van der Waals surface area (Å²) >= 11 is 0. The number of carbonyl (C=O) groups is 1. The lowest BCUT2D eigenvalue weighted by atomic mass is 10.1. The minimum absolute atomic E-state index is 0. The van der Waals surface area contributed by atoms with E-state index in [0.29, 0.717) is 12.1 Å². The normalized spacial score (nSPS) is 12.9. The molecule has 3 aromatic rings. The van der Waals surface area contributed by atoms with Gasteiger partial charge in [0.05, 0.1) is 12.2 Å². The molecule has 1 aliphatic rings. The van der Waals surface area contributed by atoms with Gasteiger partial charge in [0.2, 0.25) is 0 Å². The van der Waals surface area contributed by atoms with Crippen molar-refractivity contribution in [1.29, 1.82) is 0 Å². The van der Waals surface area contributed by atoms with Gasteiger partial charge in [-0.15, -0.1) is 0 Å². The van der Waals surface area contributed by atoms with Crippen LogP contribution in [0.1, 0.15) is 30.3 Å². The number of hydrazine groups is 1. The molecule has 1 aromatic carbocycles. The van der Waals surface area contributed by atoms with Gasteiger partial charge in [-0.3, -0.25) is 20.6 Å². The molecule has 4 rings (SSSR count). The van der Waals surface area contributed by atoms with Gasteiger partial charge in [-0.1, -0.05) is 6.07 Å². The smallest absolute Gasteiger partial charge is 0.251 e. The summed E-state index contributed by atoms with van der Waals surface area (Å²) < 4.78 is 5.48. The van der Waals surface area contributed by atoms with E-state index >= 15 is 0 Å².